The summed E-state index contributed by atoms with van der Waals surface area (Å²) in [7, 11) is 2.18. The minimum Gasteiger partial charge on any atom is -0.341 e. The van der Waals surface area contributed by atoms with Crippen molar-refractivity contribution < 1.29 is 0 Å². The Hall–Kier alpha value is -1.52. The minimum atomic E-state index is 0. The predicted octanol–water partition coefficient (Wildman–Crippen LogP) is 2.70. The van der Waals surface area contributed by atoms with E-state index in [-0.39, 0.29) is 12.4 Å². The first kappa shape index (κ1) is 14.9. The summed E-state index contributed by atoms with van der Waals surface area (Å²) in [6.45, 7) is 8.25. The number of benzene rings is 1. The maximum absolute atomic E-state index is 4.77. The highest BCUT2D eigenvalue weighted by Crippen LogP contribution is 2.23. The van der Waals surface area contributed by atoms with E-state index in [1.165, 1.54) is 6.42 Å². The zero-order valence-electron chi connectivity index (χ0n) is 11.8. The minimum absolute atomic E-state index is 0. The molecule has 0 N–H and O–H groups in total. The molecular weight excluding hydrogens is 272 g/mol. The van der Waals surface area contributed by atoms with Crippen molar-refractivity contribution in [2.75, 3.05) is 38.1 Å². The summed E-state index contributed by atoms with van der Waals surface area (Å²) in [5.41, 5.74) is 2.17. The largest absolute Gasteiger partial charge is 0.341 e. The Balaban J connectivity index is 0.00000147. The van der Waals surface area contributed by atoms with Crippen molar-refractivity contribution in [3.63, 3.8) is 0 Å². The summed E-state index contributed by atoms with van der Waals surface area (Å²) in [6.07, 6.45) is 3.04. The number of anilines is 1. The fourth-order valence-electron chi connectivity index (χ4n) is 2.68. The van der Waals surface area contributed by atoms with Crippen LogP contribution in [0.2, 0.25) is 0 Å². The zero-order valence-corrected chi connectivity index (χ0v) is 12.6. The number of aromatic nitrogens is 2. The summed E-state index contributed by atoms with van der Waals surface area (Å²) in [5, 5.41) is 0. The van der Waals surface area contributed by atoms with Crippen LogP contribution in [0.15, 0.2) is 30.8 Å². The molecule has 2 heterocycles. The van der Waals surface area contributed by atoms with Crippen molar-refractivity contribution >= 4 is 35.6 Å². The van der Waals surface area contributed by atoms with E-state index in [4.69, 9.17) is 4.98 Å². The van der Waals surface area contributed by atoms with Gasteiger partial charge in [0.05, 0.1) is 11.0 Å². The molecular formula is C15H21ClN4. The molecule has 0 aliphatic carbocycles. The lowest BCUT2D eigenvalue weighted by atomic mass is 10.3. The van der Waals surface area contributed by atoms with Crippen LogP contribution in [0, 0.1) is 0 Å². The van der Waals surface area contributed by atoms with E-state index in [9.17, 15) is 0 Å². The second kappa shape index (κ2) is 6.29. The predicted molar refractivity (Wildman–Crippen MR) is 87.7 cm³/mol. The van der Waals surface area contributed by atoms with E-state index < -0.39 is 0 Å². The maximum atomic E-state index is 4.77. The van der Waals surface area contributed by atoms with Crippen LogP contribution in [0.4, 0.5) is 5.95 Å². The lowest BCUT2D eigenvalue weighted by molar-refractivity contribution is 0.360. The Morgan fingerprint density at radius 2 is 1.95 bits per heavy atom. The molecule has 0 radical (unpaired) electrons. The molecule has 0 spiro atoms. The van der Waals surface area contributed by atoms with Gasteiger partial charge in [0.15, 0.2) is 0 Å². The molecule has 0 unspecified atom stereocenters. The number of likely N-dealkylation sites (N-methyl/N-ethyl adjacent to an activating group) is 1. The van der Waals surface area contributed by atoms with Crippen LogP contribution >= 0.6 is 12.4 Å². The number of rotatable bonds is 2. The summed E-state index contributed by atoms with van der Waals surface area (Å²) in [6, 6.07) is 8.23. The van der Waals surface area contributed by atoms with Crippen molar-refractivity contribution in [2.24, 2.45) is 0 Å². The molecule has 3 rings (SSSR count). The fourth-order valence-corrected chi connectivity index (χ4v) is 2.68. The van der Waals surface area contributed by atoms with Crippen molar-refractivity contribution in [3.8, 4) is 0 Å². The standard InChI is InChI=1S/C15H20N4.ClH/c1-3-19-14-8-5-4-7-13(14)16-15(19)18-10-6-9-17(2)11-12-18;/h3-5,7-8H,1,6,9-12H2,2H3;1H. The van der Waals surface area contributed by atoms with Crippen LogP contribution in [0.5, 0.6) is 0 Å². The van der Waals surface area contributed by atoms with Crippen molar-refractivity contribution in [1.29, 1.82) is 0 Å². The first-order valence-corrected chi connectivity index (χ1v) is 6.82. The third-order valence-electron chi connectivity index (χ3n) is 3.76. The number of para-hydroxylation sites is 2. The van der Waals surface area contributed by atoms with Gasteiger partial charge in [-0.15, -0.1) is 12.4 Å². The Bertz CT molecular complexity index is 593. The number of hydrogen-bond acceptors (Lipinski definition) is 3. The highest BCUT2D eigenvalue weighted by molar-refractivity contribution is 5.85. The van der Waals surface area contributed by atoms with Gasteiger partial charge in [0.25, 0.3) is 0 Å². The van der Waals surface area contributed by atoms with Crippen LogP contribution in [-0.2, 0) is 0 Å². The van der Waals surface area contributed by atoms with Gasteiger partial charge in [-0.05, 0) is 32.1 Å². The molecule has 1 aromatic heterocycles. The molecule has 0 atom stereocenters. The lowest BCUT2D eigenvalue weighted by Gasteiger charge is -2.21. The van der Waals surface area contributed by atoms with E-state index in [0.717, 1.165) is 43.2 Å². The van der Waals surface area contributed by atoms with E-state index in [1.54, 1.807) is 0 Å². The van der Waals surface area contributed by atoms with Crippen molar-refractivity contribution in [1.82, 2.24) is 14.5 Å². The topological polar surface area (TPSA) is 24.3 Å². The molecule has 5 heteroatoms. The Labute approximate surface area is 126 Å². The number of halogens is 1. The van der Waals surface area contributed by atoms with Gasteiger partial charge in [-0.3, -0.25) is 4.57 Å². The molecule has 1 aromatic carbocycles. The second-order valence-corrected chi connectivity index (χ2v) is 5.10. The van der Waals surface area contributed by atoms with Gasteiger partial charge in [0.2, 0.25) is 5.95 Å². The molecule has 1 aliphatic rings. The fraction of sp³-hybridized carbons (Fsp3) is 0.400. The van der Waals surface area contributed by atoms with Gasteiger partial charge in [0.1, 0.15) is 0 Å². The normalized spacial score (nSPS) is 16.8. The monoisotopic (exact) mass is 292 g/mol. The molecule has 1 fully saturated rings. The zero-order chi connectivity index (χ0) is 13.2. The van der Waals surface area contributed by atoms with Gasteiger partial charge in [-0.25, -0.2) is 4.98 Å². The number of fused-ring (bicyclic) bond motifs is 1. The highest BCUT2D eigenvalue weighted by atomic mass is 35.5. The van der Waals surface area contributed by atoms with Crippen LogP contribution < -0.4 is 4.90 Å². The molecule has 1 aliphatic heterocycles. The number of imidazole rings is 1. The SMILES string of the molecule is C=Cn1c(N2CCCN(C)CC2)nc2ccccc21.Cl. The smallest absolute Gasteiger partial charge is 0.210 e. The summed E-state index contributed by atoms with van der Waals surface area (Å²) >= 11 is 0. The average molecular weight is 293 g/mol. The molecule has 4 nitrogen and oxygen atoms in total. The van der Waals surface area contributed by atoms with Crippen LogP contribution in [0.25, 0.3) is 17.2 Å². The molecule has 20 heavy (non-hydrogen) atoms. The summed E-state index contributed by atoms with van der Waals surface area (Å²) in [4.78, 5) is 9.52. The van der Waals surface area contributed by atoms with Gasteiger partial charge in [-0.2, -0.15) is 0 Å². The first-order chi connectivity index (χ1) is 9.29. The van der Waals surface area contributed by atoms with Gasteiger partial charge < -0.3 is 9.80 Å². The van der Waals surface area contributed by atoms with Crippen molar-refractivity contribution in [2.45, 2.75) is 6.42 Å². The first-order valence-electron chi connectivity index (χ1n) is 6.82. The van der Waals surface area contributed by atoms with E-state index >= 15 is 0 Å². The van der Waals surface area contributed by atoms with Crippen LogP contribution in [-0.4, -0.2) is 47.7 Å². The lowest BCUT2D eigenvalue weighted by Crippen LogP contribution is -2.30. The summed E-state index contributed by atoms with van der Waals surface area (Å²) < 4.78 is 2.10. The van der Waals surface area contributed by atoms with Crippen LogP contribution in [0.1, 0.15) is 6.42 Å². The quantitative estimate of drug-likeness (QED) is 0.850. The average Bonchev–Trinajstić information content (AvgIpc) is 2.67. The molecule has 2 aromatic rings. The van der Waals surface area contributed by atoms with Gasteiger partial charge in [0, 0.05) is 25.8 Å². The Morgan fingerprint density at radius 1 is 1.15 bits per heavy atom. The molecule has 0 bridgehead atoms. The third kappa shape index (κ3) is 2.67. The molecule has 1 saturated heterocycles. The Morgan fingerprint density at radius 3 is 2.75 bits per heavy atom. The Kier molecular flexibility index (Phi) is 4.68. The van der Waals surface area contributed by atoms with E-state index in [1.807, 2.05) is 18.3 Å². The number of hydrogen-bond donors (Lipinski definition) is 0. The van der Waals surface area contributed by atoms with E-state index in [0.29, 0.717) is 0 Å². The second-order valence-electron chi connectivity index (χ2n) is 5.10. The maximum Gasteiger partial charge on any atom is 0.210 e. The highest BCUT2D eigenvalue weighted by Gasteiger charge is 2.18. The molecule has 108 valence electrons. The van der Waals surface area contributed by atoms with Crippen molar-refractivity contribution in [3.05, 3.63) is 30.8 Å². The summed E-state index contributed by atoms with van der Waals surface area (Å²) in [5.74, 6) is 1.02. The molecule has 0 amide bonds. The van der Waals surface area contributed by atoms with Gasteiger partial charge >= 0.3 is 0 Å². The molecule has 0 saturated carbocycles. The third-order valence-corrected chi connectivity index (χ3v) is 3.76. The van der Waals surface area contributed by atoms with Gasteiger partial charge in [-0.1, -0.05) is 18.7 Å². The van der Waals surface area contributed by atoms with E-state index in [2.05, 4.69) is 40.1 Å². The van der Waals surface area contributed by atoms with Crippen LogP contribution in [0.3, 0.4) is 0 Å². The number of nitrogens with zero attached hydrogens (tertiary/aromatic N) is 4.